The Bertz CT molecular complexity index is 772. The molecule has 0 saturated carbocycles. The highest BCUT2D eigenvalue weighted by Crippen LogP contribution is 2.18. The van der Waals surface area contributed by atoms with Crippen LogP contribution in [0.4, 0.5) is 0 Å². The van der Waals surface area contributed by atoms with Crippen molar-refractivity contribution in [2.45, 2.75) is 0 Å². The summed E-state index contributed by atoms with van der Waals surface area (Å²) in [4.78, 5) is 12.9. The second-order valence-corrected chi connectivity index (χ2v) is 4.68. The topological polar surface area (TPSA) is 77.3 Å². The largest absolute Gasteiger partial charge is 0.217 e. The molecule has 0 aliphatic heterocycles. The molecule has 4 aromatic rings. The second-order valence-electron chi connectivity index (χ2n) is 4.68. The molecule has 6 heteroatoms. The molecule has 6 nitrogen and oxygen atoms in total. The first-order chi connectivity index (χ1) is 11.9. The van der Waals surface area contributed by atoms with Gasteiger partial charge in [-0.2, -0.15) is 0 Å². The summed E-state index contributed by atoms with van der Waals surface area (Å²) in [6, 6.07) is 21.5. The molecule has 0 N–H and O–H groups in total. The number of hydrogen-bond acceptors (Lipinski definition) is 6. The molecule has 0 spiro atoms. The molecule has 2 aromatic carbocycles. The van der Waals surface area contributed by atoms with Gasteiger partial charge in [0.1, 0.15) is 6.33 Å². The molecule has 24 heavy (non-hydrogen) atoms. The van der Waals surface area contributed by atoms with E-state index in [0.717, 1.165) is 11.1 Å². The zero-order chi connectivity index (χ0) is 16.5. The van der Waals surface area contributed by atoms with Gasteiger partial charge in [0.2, 0.25) is 0 Å². The van der Waals surface area contributed by atoms with E-state index in [1.807, 2.05) is 60.7 Å². The van der Waals surface area contributed by atoms with Crippen molar-refractivity contribution >= 4 is 0 Å². The zero-order valence-electron chi connectivity index (χ0n) is 12.8. The molecule has 0 amide bonds. The molecular weight excluding hydrogens is 300 g/mol. The van der Waals surface area contributed by atoms with Crippen LogP contribution in [-0.4, -0.2) is 30.4 Å². The van der Waals surface area contributed by atoms with Gasteiger partial charge in [0.25, 0.3) is 0 Å². The number of nitrogens with zero attached hydrogens (tertiary/aromatic N) is 6. The molecule has 2 aromatic heterocycles. The maximum atomic E-state index is 4.49. The van der Waals surface area contributed by atoms with Crippen molar-refractivity contribution in [2.75, 3.05) is 0 Å². The molecule has 4 rings (SSSR count). The SMILES string of the molecule is c1ccc(-c2ncnc(-c3ccccc3)n2)cc1.c1cnnnc1. The predicted molar refractivity (Wildman–Crippen MR) is 90.5 cm³/mol. The van der Waals surface area contributed by atoms with Crippen LogP contribution in [0.2, 0.25) is 0 Å². The number of hydrogen-bond donors (Lipinski definition) is 0. The van der Waals surface area contributed by atoms with Crippen molar-refractivity contribution < 1.29 is 0 Å². The first-order valence-corrected chi connectivity index (χ1v) is 7.32. The van der Waals surface area contributed by atoms with Gasteiger partial charge in [-0.05, 0) is 11.3 Å². The second kappa shape index (κ2) is 8.19. The average molecular weight is 314 g/mol. The maximum absolute atomic E-state index is 4.49. The van der Waals surface area contributed by atoms with Gasteiger partial charge < -0.3 is 0 Å². The summed E-state index contributed by atoms with van der Waals surface area (Å²) in [7, 11) is 0. The van der Waals surface area contributed by atoms with Crippen LogP contribution in [0.1, 0.15) is 0 Å². The summed E-state index contributed by atoms with van der Waals surface area (Å²) < 4.78 is 0. The van der Waals surface area contributed by atoms with Crippen LogP contribution in [0, 0.1) is 0 Å². The van der Waals surface area contributed by atoms with Crippen molar-refractivity contribution in [3.8, 4) is 22.8 Å². The Balaban J connectivity index is 0.000000238. The number of aromatic nitrogens is 6. The molecule has 0 aliphatic rings. The molecule has 0 saturated heterocycles. The van der Waals surface area contributed by atoms with Gasteiger partial charge in [-0.25, -0.2) is 15.0 Å². The van der Waals surface area contributed by atoms with E-state index in [0.29, 0.717) is 11.6 Å². The minimum Gasteiger partial charge on any atom is -0.217 e. The maximum Gasteiger partial charge on any atom is 0.163 e. The molecule has 0 fully saturated rings. The third-order valence-corrected chi connectivity index (χ3v) is 3.04. The highest BCUT2D eigenvalue weighted by atomic mass is 15.3. The first kappa shape index (κ1) is 15.4. The van der Waals surface area contributed by atoms with Gasteiger partial charge in [0, 0.05) is 11.1 Å². The summed E-state index contributed by atoms with van der Waals surface area (Å²) in [6.45, 7) is 0. The Morgan fingerprint density at radius 3 is 1.42 bits per heavy atom. The van der Waals surface area contributed by atoms with Crippen LogP contribution >= 0.6 is 0 Å². The fourth-order valence-electron chi connectivity index (χ4n) is 1.95. The van der Waals surface area contributed by atoms with Crippen LogP contribution in [0.3, 0.4) is 0 Å². The summed E-state index contributed by atoms with van der Waals surface area (Å²) in [5.41, 5.74) is 1.99. The lowest BCUT2D eigenvalue weighted by Crippen LogP contribution is -1.94. The van der Waals surface area contributed by atoms with E-state index in [9.17, 15) is 0 Å². The molecule has 0 aliphatic carbocycles. The van der Waals surface area contributed by atoms with Crippen LogP contribution in [0.25, 0.3) is 22.8 Å². The summed E-state index contributed by atoms with van der Waals surface area (Å²) in [6.07, 6.45) is 4.71. The Kier molecular flexibility index (Phi) is 5.24. The molecule has 0 radical (unpaired) electrons. The predicted octanol–water partition coefficient (Wildman–Crippen LogP) is 3.08. The molecular formula is C18H14N6. The third-order valence-electron chi connectivity index (χ3n) is 3.04. The van der Waals surface area contributed by atoms with Crippen LogP contribution in [-0.2, 0) is 0 Å². The van der Waals surface area contributed by atoms with Crippen molar-refractivity contribution in [3.05, 3.63) is 85.5 Å². The molecule has 2 heterocycles. The summed E-state index contributed by atoms with van der Waals surface area (Å²) in [5.74, 6) is 1.40. The van der Waals surface area contributed by atoms with E-state index in [1.165, 1.54) is 0 Å². The summed E-state index contributed by atoms with van der Waals surface area (Å²) in [5, 5.41) is 10.1. The Labute approximate surface area is 139 Å². The van der Waals surface area contributed by atoms with E-state index in [1.54, 1.807) is 24.8 Å². The minimum atomic E-state index is 0.699. The minimum absolute atomic E-state index is 0.699. The fourth-order valence-corrected chi connectivity index (χ4v) is 1.95. The molecule has 0 atom stereocenters. The van der Waals surface area contributed by atoms with E-state index in [4.69, 9.17) is 0 Å². The van der Waals surface area contributed by atoms with Crippen molar-refractivity contribution in [2.24, 2.45) is 0 Å². The number of rotatable bonds is 2. The van der Waals surface area contributed by atoms with Crippen molar-refractivity contribution in [1.29, 1.82) is 0 Å². The van der Waals surface area contributed by atoms with Crippen LogP contribution in [0.15, 0.2) is 85.5 Å². The fraction of sp³-hybridized carbons (Fsp3) is 0. The lowest BCUT2D eigenvalue weighted by Gasteiger charge is -2.02. The van der Waals surface area contributed by atoms with Gasteiger partial charge in [-0.3, -0.25) is 0 Å². The lowest BCUT2D eigenvalue weighted by atomic mass is 10.2. The van der Waals surface area contributed by atoms with Gasteiger partial charge in [-0.15, -0.1) is 10.2 Å². The Morgan fingerprint density at radius 1 is 0.542 bits per heavy atom. The highest BCUT2D eigenvalue weighted by Gasteiger charge is 2.04. The normalized spacial score (nSPS) is 9.67. The quantitative estimate of drug-likeness (QED) is 0.566. The van der Waals surface area contributed by atoms with Gasteiger partial charge in [0.05, 0.1) is 12.4 Å². The highest BCUT2D eigenvalue weighted by molar-refractivity contribution is 5.60. The third kappa shape index (κ3) is 4.23. The molecule has 0 bridgehead atoms. The monoisotopic (exact) mass is 314 g/mol. The van der Waals surface area contributed by atoms with Gasteiger partial charge >= 0.3 is 0 Å². The van der Waals surface area contributed by atoms with E-state index in [2.05, 4.69) is 30.4 Å². The van der Waals surface area contributed by atoms with E-state index in [-0.39, 0.29) is 0 Å². The summed E-state index contributed by atoms with van der Waals surface area (Å²) >= 11 is 0. The first-order valence-electron chi connectivity index (χ1n) is 7.32. The Morgan fingerprint density at radius 2 is 1.04 bits per heavy atom. The van der Waals surface area contributed by atoms with E-state index >= 15 is 0 Å². The molecule has 0 unspecified atom stereocenters. The smallest absolute Gasteiger partial charge is 0.163 e. The number of benzene rings is 2. The van der Waals surface area contributed by atoms with Crippen molar-refractivity contribution in [3.63, 3.8) is 0 Å². The van der Waals surface area contributed by atoms with E-state index < -0.39 is 0 Å². The van der Waals surface area contributed by atoms with Gasteiger partial charge in [-0.1, -0.05) is 60.7 Å². The van der Waals surface area contributed by atoms with Gasteiger partial charge in [0.15, 0.2) is 11.6 Å². The average Bonchev–Trinajstić information content (AvgIpc) is 2.71. The zero-order valence-corrected chi connectivity index (χ0v) is 12.8. The van der Waals surface area contributed by atoms with Crippen LogP contribution < -0.4 is 0 Å². The standard InChI is InChI=1S/C15H11N3.C3H3N3/c1-3-7-12(8-4-1)14-16-11-17-15(18-14)13-9-5-2-6-10-13;1-2-4-6-5-3-1/h1-11H;1-3H. The molecule has 116 valence electrons. The lowest BCUT2D eigenvalue weighted by molar-refractivity contribution is 0.865. The van der Waals surface area contributed by atoms with Crippen molar-refractivity contribution in [1.82, 2.24) is 30.4 Å². The van der Waals surface area contributed by atoms with Crippen LogP contribution in [0.5, 0.6) is 0 Å². The Hall–Kier alpha value is -3.54.